The predicted molar refractivity (Wildman–Crippen MR) is 85.9 cm³/mol. The number of benzene rings is 1. The molecular weight excluding hydrogens is 294 g/mol. The third-order valence-corrected chi connectivity index (χ3v) is 3.54. The van der Waals surface area contributed by atoms with E-state index >= 15 is 0 Å². The number of fused-ring (bicyclic) bond motifs is 1. The van der Waals surface area contributed by atoms with Crippen LogP contribution in [0.1, 0.15) is 32.1 Å². The smallest absolute Gasteiger partial charge is 0.249 e. The fraction of sp³-hybridized carbons (Fsp3) is 0.375. The Morgan fingerprint density at radius 1 is 1.39 bits per heavy atom. The van der Waals surface area contributed by atoms with Crippen LogP contribution in [0.25, 0.3) is 0 Å². The van der Waals surface area contributed by atoms with Crippen molar-refractivity contribution in [3.8, 4) is 0 Å². The zero-order chi connectivity index (χ0) is 16.4. The third kappa shape index (κ3) is 3.39. The van der Waals surface area contributed by atoms with Crippen LogP contribution in [0.4, 0.5) is 11.6 Å². The van der Waals surface area contributed by atoms with Crippen LogP contribution in [-0.2, 0) is 16.0 Å². The number of nitrogens with one attached hydrogen (secondary N) is 2. The molecule has 0 radical (unpaired) electrons. The van der Waals surface area contributed by atoms with Crippen molar-refractivity contribution in [3.05, 3.63) is 36.2 Å². The second-order valence-electron chi connectivity index (χ2n) is 6.02. The monoisotopic (exact) mass is 313 g/mol. The summed E-state index contributed by atoms with van der Waals surface area (Å²) in [6.45, 7) is 4.14. The normalized spacial score (nSPS) is 16.8. The molecule has 1 aromatic heterocycles. The summed E-state index contributed by atoms with van der Waals surface area (Å²) in [6.07, 6.45) is 0.749. The zero-order valence-corrected chi connectivity index (χ0v) is 13.1. The van der Waals surface area contributed by atoms with Crippen LogP contribution in [0.2, 0.25) is 0 Å². The van der Waals surface area contributed by atoms with Crippen molar-refractivity contribution in [2.24, 2.45) is 5.92 Å². The molecule has 23 heavy (non-hydrogen) atoms. The van der Waals surface area contributed by atoms with Crippen LogP contribution < -0.4 is 10.6 Å². The van der Waals surface area contributed by atoms with Gasteiger partial charge in [-0.25, -0.2) is 4.68 Å². The summed E-state index contributed by atoms with van der Waals surface area (Å²) in [5.74, 6) is 0.870. The number of rotatable bonds is 4. The van der Waals surface area contributed by atoms with E-state index in [0.29, 0.717) is 29.8 Å². The molecule has 0 unspecified atom stereocenters. The van der Waals surface area contributed by atoms with Gasteiger partial charge in [0.2, 0.25) is 17.8 Å². The minimum atomic E-state index is -0.688. The van der Waals surface area contributed by atoms with E-state index in [0.717, 1.165) is 0 Å². The van der Waals surface area contributed by atoms with Crippen molar-refractivity contribution >= 4 is 23.5 Å². The molecule has 0 saturated carbocycles. The Morgan fingerprint density at radius 3 is 2.83 bits per heavy atom. The molecule has 0 saturated heterocycles. The minimum absolute atomic E-state index is 0.0517. The van der Waals surface area contributed by atoms with Crippen LogP contribution in [0.15, 0.2) is 30.3 Å². The molecule has 1 aromatic carbocycles. The summed E-state index contributed by atoms with van der Waals surface area (Å²) in [4.78, 5) is 28.7. The number of carbonyl (C=O) groups is 2. The van der Waals surface area contributed by atoms with Crippen molar-refractivity contribution in [2.75, 3.05) is 10.6 Å². The lowest BCUT2D eigenvalue weighted by molar-refractivity contribution is -0.125. The molecule has 2 aromatic rings. The van der Waals surface area contributed by atoms with E-state index in [1.165, 1.54) is 4.68 Å². The molecule has 0 spiro atoms. The topological polar surface area (TPSA) is 88.9 Å². The first-order valence-corrected chi connectivity index (χ1v) is 7.64. The molecule has 0 fully saturated rings. The standard InChI is InChI=1S/C16H19N5O2/c1-10(2)8-13-18-16-19-14(22)9-12(21(16)20-13)15(23)17-11-6-4-3-5-7-11/h3-7,10,12H,8-9H2,1-2H3,(H,17,23)(H,18,19,20,22)/t12-/m0/s1. The van der Waals surface area contributed by atoms with Gasteiger partial charge in [0, 0.05) is 12.1 Å². The van der Waals surface area contributed by atoms with Gasteiger partial charge in [0.1, 0.15) is 6.04 Å². The van der Waals surface area contributed by atoms with Gasteiger partial charge >= 0.3 is 0 Å². The number of hydrogen-bond donors (Lipinski definition) is 2. The number of nitrogens with zero attached hydrogens (tertiary/aromatic N) is 3. The largest absolute Gasteiger partial charge is 0.324 e. The first kappa shape index (κ1) is 15.2. The Kier molecular flexibility index (Phi) is 4.10. The summed E-state index contributed by atoms with van der Waals surface area (Å²) < 4.78 is 1.51. The van der Waals surface area contributed by atoms with Crippen molar-refractivity contribution in [1.29, 1.82) is 0 Å². The van der Waals surface area contributed by atoms with Gasteiger partial charge in [-0.3, -0.25) is 14.9 Å². The molecule has 1 atom stereocenters. The van der Waals surface area contributed by atoms with E-state index in [1.54, 1.807) is 12.1 Å². The van der Waals surface area contributed by atoms with Crippen LogP contribution in [0.3, 0.4) is 0 Å². The number of para-hydroxylation sites is 1. The third-order valence-electron chi connectivity index (χ3n) is 3.54. The Balaban J connectivity index is 1.84. The van der Waals surface area contributed by atoms with Gasteiger partial charge < -0.3 is 5.32 Å². The SMILES string of the molecule is CC(C)Cc1nc2n(n1)[C@H](C(=O)Nc1ccccc1)CC(=O)N2. The van der Waals surface area contributed by atoms with Crippen molar-refractivity contribution in [2.45, 2.75) is 32.7 Å². The lowest BCUT2D eigenvalue weighted by Crippen LogP contribution is -2.36. The average Bonchev–Trinajstić information content (AvgIpc) is 2.88. The Hall–Kier alpha value is -2.70. The van der Waals surface area contributed by atoms with Gasteiger partial charge in [0.05, 0.1) is 6.42 Å². The minimum Gasteiger partial charge on any atom is -0.324 e. The highest BCUT2D eigenvalue weighted by molar-refractivity contribution is 6.00. The Morgan fingerprint density at radius 2 is 2.13 bits per heavy atom. The van der Waals surface area contributed by atoms with Crippen LogP contribution in [0.5, 0.6) is 0 Å². The molecule has 1 aliphatic rings. The number of amides is 2. The molecule has 0 bridgehead atoms. The van der Waals surface area contributed by atoms with E-state index in [4.69, 9.17) is 0 Å². The number of aromatic nitrogens is 3. The molecule has 120 valence electrons. The fourth-order valence-electron chi connectivity index (χ4n) is 2.51. The predicted octanol–water partition coefficient (Wildman–Crippen LogP) is 2.00. The highest BCUT2D eigenvalue weighted by Crippen LogP contribution is 2.24. The van der Waals surface area contributed by atoms with E-state index in [-0.39, 0.29) is 18.2 Å². The van der Waals surface area contributed by atoms with E-state index in [1.807, 2.05) is 18.2 Å². The first-order valence-electron chi connectivity index (χ1n) is 7.64. The van der Waals surface area contributed by atoms with Crippen LogP contribution in [-0.4, -0.2) is 26.6 Å². The molecule has 1 aliphatic heterocycles. The van der Waals surface area contributed by atoms with Crippen LogP contribution in [0, 0.1) is 5.92 Å². The molecular formula is C16H19N5O2. The maximum Gasteiger partial charge on any atom is 0.249 e. The zero-order valence-electron chi connectivity index (χ0n) is 13.1. The second-order valence-corrected chi connectivity index (χ2v) is 6.02. The van der Waals surface area contributed by atoms with Gasteiger partial charge in [-0.2, -0.15) is 10.1 Å². The number of hydrogen-bond acceptors (Lipinski definition) is 4. The summed E-state index contributed by atoms with van der Waals surface area (Å²) in [5, 5.41) is 9.89. The van der Waals surface area contributed by atoms with Gasteiger partial charge in [-0.05, 0) is 18.1 Å². The van der Waals surface area contributed by atoms with Crippen LogP contribution >= 0.6 is 0 Å². The molecule has 7 heteroatoms. The van der Waals surface area contributed by atoms with E-state index in [2.05, 4.69) is 34.6 Å². The lowest BCUT2D eigenvalue weighted by atomic mass is 10.1. The number of carbonyl (C=O) groups excluding carboxylic acids is 2. The highest BCUT2D eigenvalue weighted by atomic mass is 16.2. The van der Waals surface area contributed by atoms with Crippen molar-refractivity contribution < 1.29 is 9.59 Å². The van der Waals surface area contributed by atoms with Gasteiger partial charge in [-0.15, -0.1) is 0 Å². The van der Waals surface area contributed by atoms with Gasteiger partial charge in [0.25, 0.3) is 0 Å². The molecule has 2 heterocycles. The van der Waals surface area contributed by atoms with Gasteiger partial charge in [0.15, 0.2) is 5.82 Å². The molecule has 2 N–H and O–H groups in total. The maximum atomic E-state index is 12.5. The van der Waals surface area contributed by atoms with E-state index < -0.39 is 6.04 Å². The first-order chi connectivity index (χ1) is 11.0. The van der Waals surface area contributed by atoms with E-state index in [9.17, 15) is 9.59 Å². The van der Waals surface area contributed by atoms with Crippen molar-refractivity contribution in [3.63, 3.8) is 0 Å². The molecule has 3 rings (SSSR count). The fourth-order valence-corrected chi connectivity index (χ4v) is 2.51. The Bertz CT molecular complexity index is 723. The Labute approximate surface area is 134 Å². The average molecular weight is 313 g/mol. The summed E-state index contributed by atoms with van der Waals surface area (Å²) in [6, 6.07) is 8.46. The highest BCUT2D eigenvalue weighted by Gasteiger charge is 2.33. The van der Waals surface area contributed by atoms with Gasteiger partial charge in [-0.1, -0.05) is 32.0 Å². The number of anilines is 2. The molecule has 0 aliphatic carbocycles. The summed E-state index contributed by atoms with van der Waals surface area (Å²) >= 11 is 0. The lowest BCUT2D eigenvalue weighted by Gasteiger charge is -2.22. The summed E-state index contributed by atoms with van der Waals surface area (Å²) in [5.41, 5.74) is 0.688. The summed E-state index contributed by atoms with van der Waals surface area (Å²) in [7, 11) is 0. The second kappa shape index (κ2) is 6.20. The maximum absolute atomic E-state index is 12.5. The molecule has 7 nitrogen and oxygen atoms in total. The van der Waals surface area contributed by atoms with Crippen molar-refractivity contribution in [1.82, 2.24) is 14.8 Å². The molecule has 2 amide bonds. The quantitative estimate of drug-likeness (QED) is 0.903.